The van der Waals surface area contributed by atoms with Gasteiger partial charge in [-0.2, -0.15) is 0 Å². The first-order chi connectivity index (χ1) is 9.83. The lowest BCUT2D eigenvalue weighted by molar-refractivity contribution is 0.410. The lowest BCUT2D eigenvalue weighted by Gasteiger charge is -2.27. The normalized spacial score (nSPS) is 17.2. The fourth-order valence-corrected chi connectivity index (χ4v) is 3.11. The van der Waals surface area contributed by atoms with Crippen molar-refractivity contribution < 1.29 is 4.74 Å². The highest BCUT2D eigenvalue weighted by atomic mass is 16.5. The summed E-state index contributed by atoms with van der Waals surface area (Å²) in [6.45, 7) is 3.22. The van der Waals surface area contributed by atoms with Crippen LogP contribution in [-0.4, -0.2) is 13.7 Å². The molecule has 2 heteroatoms. The van der Waals surface area contributed by atoms with Crippen molar-refractivity contribution >= 4 is 5.69 Å². The highest BCUT2D eigenvalue weighted by Crippen LogP contribution is 2.37. The number of hydrogen-bond acceptors (Lipinski definition) is 2. The highest BCUT2D eigenvalue weighted by molar-refractivity contribution is 5.57. The molecule has 2 aromatic carbocycles. The minimum absolute atomic E-state index is 0.489. The average molecular weight is 267 g/mol. The Bertz CT molecular complexity index is 606. The Hall–Kier alpha value is -1.96. The van der Waals surface area contributed by atoms with Crippen LogP contribution in [0.3, 0.4) is 0 Å². The first-order valence-corrected chi connectivity index (χ1v) is 7.33. The summed E-state index contributed by atoms with van der Waals surface area (Å²) in [6.07, 6.45) is 2.15. The van der Waals surface area contributed by atoms with Crippen LogP contribution in [0.5, 0.6) is 5.75 Å². The zero-order valence-electron chi connectivity index (χ0n) is 12.1. The minimum Gasteiger partial charge on any atom is -0.496 e. The summed E-state index contributed by atoms with van der Waals surface area (Å²) in [7, 11) is 1.74. The fraction of sp³-hybridized carbons (Fsp3) is 0.333. The molecule has 1 atom stereocenters. The van der Waals surface area contributed by atoms with Crippen LogP contribution in [0.1, 0.15) is 36.0 Å². The highest BCUT2D eigenvalue weighted by Gasteiger charge is 2.21. The SMILES string of the molecule is CCc1cc(C2CCNc3ccccc32)ccc1OC. The molecule has 0 saturated heterocycles. The molecule has 3 rings (SSSR count). The van der Waals surface area contributed by atoms with Gasteiger partial charge in [0.15, 0.2) is 0 Å². The standard InChI is InChI=1S/C18H21NO/c1-3-13-12-14(8-9-18(13)20-2)15-10-11-19-17-7-5-4-6-16(15)17/h4-9,12,15,19H,3,10-11H2,1-2H3. The van der Waals surface area contributed by atoms with Crippen molar-refractivity contribution in [2.45, 2.75) is 25.7 Å². The third-order valence-corrected chi connectivity index (χ3v) is 4.17. The summed E-state index contributed by atoms with van der Waals surface area (Å²) in [5, 5.41) is 3.49. The zero-order valence-corrected chi connectivity index (χ0v) is 12.1. The van der Waals surface area contributed by atoms with E-state index in [1.54, 1.807) is 7.11 Å². The number of benzene rings is 2. The van der Waals surface area contributed by atoms with Crippen LogP contribution in [0, 0.1) is 0 Å². The van der Waals surface area contributed by atoms with E-state index < -0.39 is 0 Å². The van der Waals surface area contributed by atoms with E-state index in [0.29, 0.717) is 5.92 Å². The predicted molar refractivity (Wildman–Crippen MR) is 83.8 cm³/mol. The molecule has 1 unspecified atom stereocenters. The van der Waals surface area contributed by atoms with Gasteiger partial charge in [-0.1, -0.05) is 37.3 Å². The second-order valence-corrected chi connectivity index (χ2v) is 5.28. The first-order valence-electron chi connectivity index (χ1n) is 7.33. The van der Waals surface area contributed by atoms with Gasteiger partial charge in [0, 0.05) is 18.2 Å². The molecule has 0 amide bonds. The molecular weight excluding hydrogens is 246 g/mol. The predicted octanol–water partition coefficient (Wildman–Crippen LogP) is 4.21. The molecule has 0 spiro atoms. The topological polar surface area (TPSA) is 21.3 Å². The van der Waals surface area contributed by atoms with Gasteiger partial charge in [-0.05, 0) is 41.7 Å². The number of rotatable bonds is 3. The maximum absolute atomic E-state index is 5.44. The molecule has 1 aliphatic heterocycles. The molecule has 0 fully saturated rings. The van der Waals surface area contributed by atoms with Crippen molar-refractivity contribution in [3.05, 3.63) is 59.2 Å². The molecule has 0 radical (unpaired) electrons. The Balaban J connectivity index is 2.02. The van der Waals surface area contributed by atoms with Gasteiger partial charge >= 0.3 is 0 Å². The first kappa shape index (κ1) is 13.0. The quantitative estimate of drug-likeness (QED) is 0.899. The molecule has 1 heterocycles. The Morgan fingerprint density at radius 2 is 2.05 bits per heavy atom. The summed E-state index contributed by atoms with van der Waals surface area (Å²) < 4.78 is 5.44. The molecular formula is C18H21NO. The van der Waals surface area contributed by atoms with Gasteiger partial charge < -0.3 is 10.1 Å². The Morgan fingerprint density at radius 3 is 2.85 bits per heavy atom. The Labute approximate surface area is 120 Å². The number of anilines is 1. The lowest BCUT2D eigenvalue weighted by atomic mass is 9.84. The number of para-hydroxylation sites is 1. The lowest BCUT2D eigenvalue weighted by Crippen LogP contribution is -2.17. The van der Waals surface area contributed by atoms with Gasteiger partial charge in [-0.3, -0.25) is 0 Å². The van der Waals surface area contributed by atoms with E-state index in [1.807, 2.05) is 0 Å². The number of aryl methyl sites for hydroxylation is 1. The number of hydrogen-bond donors (Lipinski definition) is 1. The Morgan fingerprint density at radius 1 is 1.20 bits per heavy atom. The molecule has 1 aliphatic rings. The summed E-state index contributed by atoms with van der Waals surface area (Å²) in [5.41, 5.74) is 5.38. The average Bonchev–Trinajstić information content (AvgIpc) is 2.53. The molecule has 0 bridgehead atoms. The number of methoxy groups -OCH3 is 1. The van der Waals surface area contributed by atoms with Crippen molar-refractivity contribution in [3.63, 3.8) is 0 Å². The van der Waals surface area contributed by atoms with Crippen LogP contribution in [0.2, 0.25) is 0 Å². The number of fused-ring (bicyclic) bond motifs is 1. The number of nitrogens with one attached hydrogen (secondary N) is 1. The largest absolute Gasteiger partial charge is 0.496 e. The van der Waals surface area contributed by atoms with E-state index in [9.17, 15) is 0 Å². The second-order valence-electron chi connectivity index (χ2n) is 5.28. The number of ether oxygens (including phenoxy) is 1. The van der Waals surface area contributed by atoms with Gasteiger partial charge in [-0.15, -0.1) is 0 Å². The van der Waals surface area contributed by atoms with E-state index in [0.717, 1.165) is 25.1 Å². The summed E-state index contributed by atoms with van der Waals surface area (Å²) in [4.78, 5) is 0. The van der Waals surface area contributed by atoms with Crippen LogP contribution in [0.15, 0.2) is 42.5 Å². The third-order valence-electron chi connectivity index (χ3n) is 4.17. The van der Waals surface area contributed by atoms with Crippen LogP contribution >= 0.6 is 0 Å². The smallest absolute Gasteiger partial charge is 0.122 e. The van der Waals surface area contributed by atoms with Crippen molar-refractivity contribution in [1.82, 2.24) is 0 Å². The van der Waals surface area contributed by atoms with Crippen molar-refractivity contribution in [1.29, 1.82) is 0 Å². The summed E-state index contributed by atoms with van der Waals surface area (Å²) in [6, 6.07) is 15.3. The maximum atomic E-state index is 5.44. The van der Waals surface area contributed by atoms with Crippen molar-refractivity contribution in [2.24, 2.45) is 0 Å². The maximum Gasteiger partial charge on any atom is 0.122 e. The fourth-order valence-electron chi connectivity index (χ4n) is 3.11. The Kier molecular flexibility index (Phi) is 3.64. The van der Waals surface area contributed by atoms with Gasteiger partial charge in [-0.25, -0.2) is 0 Å². The van der Waals surface area contributed by atoms with Gasteiger partial charge in [0.1, 0.15) is 5.75 Å². The molecule has 0 aliphatic carbocycles. The molecule has 1 N–H and O–H groups in total. The van der Waals surface area contributed by atoms with E-state index in [4.69, 9.17) is 4.74 Å². The third kappa shape index (κ3) is 2.26. The summed E-state index contributed by atoms with van der Waals surface area (Å²) in [5.74, 6) is 1.49. The molecule has 20 heavy (non-hydrogen) atoms. The molecule has 104 valence electrons. The van der Waals surface area contributed by atoms with E-state index in [-0.39, 0.29) is 0 Å². The van der Waals surface area contributed by atoms with Crippen LogP contribution in [0.25, 0.3) is 0 Å². The van der Waals surface area contributed by atoms with E-state index >= 15 is 0 Å². The van der Waals surface area contributed by atoms with Gasteiger partial charge in [0.2, 0.25) is 0 Å². The van der Waals surface area contributed by atoms with Crippen molar-refractivity contribution in [2.75, 3.05) is 19.0 Å². The monoisotopic (exact) mass is 267 g/mol. The molecule has 0 saturated carbocycles. The second kappa shape index (κ2) is 5.58. The van der Waals surface area contributed by atoms with E-state index in [1.165, 1.54) is 22.4 Å². The van der Waals surface area contributed by atoms with Crippen molar-refractivity contribution in [3.8, 4) is 5.75 Å². The molecule has 0 aromatic heterocycles. The molecule has 2 aromatic rings. The van der Waals surface area contributed by atoms with Gasteiger partial charge in [0.05, 0.1) is 7.11 Å². The van der Waals surface area contributed by atoms with Crippen LogP contribution < -0.4 is 10.1 Å². The van der Waals surface area contributed by atoms with Crippen LogP contribution in [-0.2, 0) is 6.42 Å². The molecule has 2 nitrogen and oxygen atoms in total. The minimum atomic E-state index is 0.489. The van der Waals surface area contributed by atoms with Gasteiger partial charge in [0.25, 0.3) is 0 Å². The zero-order chi connectivity index (χ0) is 13.9. The summed E-state index contributed by atoms with van der Waals surface area (Å²) >= 11 is 0. The van der Waals surface area contributed by atoms with Crippen LogP contribution in [0.4, 0.5) is 5.69 Å². The van der Waals surface area contributed by atoms with E-state index in [2.05, 4.69) is 54.7 Å².